The molecule has 0 unspecified atom stereocenters. The number of nitrogens with one attached hydrogen (secondary N) is 2. The summed E-state index contributed by atoms with van der Waals surface area (Å²) in [5.74, 6) is 0. The molecule has 3 rings (SSSR count). The van der Waals surface area contributed by atoms with Crippen molar-refractivity contribution in [3.05, 3.63) is 82.9 Å². The third-order valence-electron chi connectivity index (χ3n) is 4.42. The zero-order valence-corrected chi connectivity index (χ0v) is 18.7. The Morgan fingerprint density at radius 2 is 1.25 bits per heavy atom. The van der Waals surface area contributed by atoms with E-state index >= 15 is 0 Å². The van der Waals surface area contributed by atoms with Crippen LogP contribution in [0.4, 0.5) is 24.5 Å². The van der Waals surface area contributed by atoms with Crippen molar-refractivity contribution in [3.63, 3.8) is 0 Å². The highest BCUT2D eigenvalue weighted by molar-refractivity contribution is 7.93. The van der Waals surface area contributed by atoms with Crippen molar-refractivity contribution in [1.82, 2.24) is 0 Å². The minimum absolute atomic E-state index is 0.0304. The summed E-state index contributed by atoms with van der Waals surface area (Å²) in [5, 5.41) is 0.387. The molecule has 0 aliphatic carbocycles. The van der Waals surface area contributed by atoms with Gasteiger partial charge in [-0.25, -0.2) is 16.8 Å². The molecule has 0 fully saturated rings. The number of hydrogen-bond donors (Lipinski definition) is 2. The molecule has 6 nitrogen and oxygen atoms in total. The second kappa shape index (κ2) is 8.64. The SMILES string of the molecule is Cc1c(Cl)cccc1NS(=O)(=O)c1ccc(NS(=O)(=O)c2ccc(C(F)(F)F)cc2)cc1. The van der Waals surface area contributed by atoms with Crippen molar-refractivity contribution in [2.24, 2.45) is 0 Å². The predicted octanol–water partition coefficient (Wildman–Crippen LogP) is 5.27. The number of alkyl halides is 3. The third kappa shape index (κ3) is 5.34. The molecule has 0 amide bonds. The molecule has 3 aromatic carbocycles. The van der Waals surface area contributed by atoms with Gasteiger partial charge in [-0.1, -0.05) is 17.7 Å². The Morgan fingerprint density at radius 3 is 1.78 bits per heavy atom. The van der Waals surface area contributed by atoms with Gasteiger partial charge in [0.15, 0.2) is 0 Å². The average Bonchev–Trinajstić information content (AvgIpc) is 2.71. The lowest BCUT2D eigenvalue weighted by molar-refractivity contribution is -0.137. The van der Waals surface area contributed by atoms with E-state index in [1.54, 1.807) is 25.1 Å². The average molecular weight is 505 g/mol. The largest absolute Gasteiger partial charge is 0.416 e. The van der Waals surface area contributed by atoms with Gasteiger partial charge < -0.3 is 0 Å². The standard InChI is InChI=1S/C20H16ClF3N2O4S2/c1-13-18(21)3-2-4-19(13)26-32(29,30)17-11-7-15(8-12-17)25-31(27,28)16-9-5-14(6-10-16)20(22,23)24/h2-12,25-26H,1H3. The van der Waals surface area contributed by atoms with E-state index < -0.39 is 31.8 Å². The van der Waals surface area contributed by atoms with Gasteiger partial charge in [0.1, 0.15) is 0 Å². The summed E-state index contributed by atoms with van der Waals surface area (Å²) in [6.07, 6.45) is -4.59. The predicted molar refractivity (Wildman–Crippen MR) is 116 cm³/mol. The van der Waals surface area contributed by atoms with E-state index in [0.29, 0.717) is 28.4 Å². The molecule has 0 atom stereocenters. The molecule has 0 heterocycles. The fourth-order valence-corrected chi connectivity index (χ4v) is 5.02. The Bertz CT molecular complexity index is 1340. The minimum atomic E-state index is -4.59. The highest BCUT2D eigenvalue weighted by atomic mass is 35.5. The quantitative estimate of drug-likeness (QED) is 0.478. The first kappa shape index (κ1) is 23.9. The number of anilines is 2. The van der Waals surface area contributed by atoms with Gasteiger partial charge in [0.05, 0.1) is 21.0 Å². The van der Waals surface area contributed by atoms with E-state index in [0.717, 1.165) is 12.1 Å². The van der Waals surface area contributed by atoms with Gasteiger partial charge in [-0.3, -0.25) is 9.44 Å². The fraction of sp³-hybridized carbons (Fsp3) is 0.100. The number of hydrogen-bond acceptors (Lipinski definition) is 4. The van der Waals surface area contributed by atoms with E-state index in [9.17, 15) is 30.0 Å². The molecular weight excluding hydrogens is 489 g/mol. The van der Waals surface area contributed by atoms with Crippen LogP contribution in [0.5, 0.6) is 0 Å². The number of rotatable bonds is 6. The van der Waals surface area contributed by atoms with Gasteiger partial charge in [-0.2, -0.15) is 13.2 Å². The summed E-state index contributed by atoms with van der Waals surface area (Å²) < 4.78 is 92.6. The van der Waals surface area contributed by atoms with Crippen molar-refractivity contribution in [3.8, 4) is 0 Å². The van der Waals surface area contributed by atoms with E-state index in [4.69, 9.17) is 11.6 Å². The van der Waals surface area contributed by atoms with Gasteiger partial charge in [0, 0.05) is 10.7 Å². The van der Waals surface area contributed by atoms with Crippen LogP contribution >= 0.6 is 11.6 Å². The second-order valence-corrected chi connectivity index (χ2v) is 10.4. The van der Waals surface area contributed by atoms with Crippen LogP contribution in [0.1, 0.15) is 11.1 Å². The summed E-state index contributed by atoms with van der Waals surface area (Å²) in [6.45, 7) is 1.65. The summed E-state index contributed by atoms with van der Waals surface area (Å²) in [6, 6.07) is 12.6. The molecule has 0 saturated carbocycles. The van der Waals surface area contributed by atoms with Gasteiger partial charge in [-0.15, -0.1) is 0 Å². The van der Waals surface area contributed by atoms with Crippen LogP contribution in [-0.4, -0.2) is 16.8 Å². The molecule has 12 heteroatoms. The Labute approximate surface area is 188 Å². The summed E-state index contributed by atoms with van der Waals surface area (Å²) >= 11 is 6.00. The third-order valence-corrected chi connectivity index (χ3v) is 7.61. The molecule has 3 aromatic rings. The van der Waals surface area contributed by atoms with Gasteiger partial charge in [0.2, 0.25) is 0 Å². The van der Waals surface area contributed by atoms with E-state index in [-0.39, 0.29) is 15.5 Å². The fourth-order valence-electron chi connectivity index (χ4n) is 2.66. The first-order valence-electron chi connectivity index (χ1n) is 8.88. The summed E-state index contributed by atoms with van der Waals surface area (Å²) in [4.78, 5) is -0.505. The lowest BCUT2D eigenvalue weighted by Gasteiger charge is -2.13. The lowest BCUT2D eigenvalue weighted by atomic mass is 10.2. The first-order valence-corrected chi connectivity index (χ1v) is 12.2. The molecule has 170 valence electrons. The van der Waals surface area contributed by atoms with Crippen LogP contribution < -0.4 is 9.44 Å². The Balaban J connectivity index is 1.78. The number of sulfonamides is 2. The maximum atomic E-state index is 12.7. The topological polar surface area (TPSA) is 92.3 Å². The van der Waals surface area contributed by atoms with Gasteiger partial charge in [-0.05, 0) is 73.2 Å². The molecule has 32 heavy (non-hydrogen) atoms. The molecule has 0 bridgehead atoms. The van der Waals surface area contributed by atoms with E-state index in [1.807, 2.05) is 0 Å². The van der Waals surface area contributed by atoms with Crippen molar-refractivity contribution >= 4 is 43.0 Å². The van der Waals surface area contributed by atoms with Crippen molar-refractivity contribution < 1.29 is 30.0 Å². The van der Waals surface area contributed by atoms with Crippen LogP contribution in [-0.2, 0) is 26.2 Å². The molecule has 0 spiro atoms. The maximum Gasteiger partial charge on any atom is 0.416 e. The summed E-state index contributed by atoms with van der Waals surface area (Å²) in [5.41, 5.74) is -0.112. The molecule has 0 aliphatic heterocycles. The monoisotopic (exact) mass is 504 g/mol. The van der Waals surface area contributed by atoms with E-state index in [1.165, 1.54) is 24.3 Å². The van der Waals surface area contributed by atoms with Crippen LogP contribution in [0.2, 0.25) is 5.02 Å². The Morgan fingerprint density at radius 1 is 0.750 bits per heavy atom. The highest BCUT2D eigenvalue weighted by Crippen LogP contribution is 2.30. The van der Waals surface area contributed by atoms with Crippen molar-refractivity contribution in [1.29, 1.82) is 0 Å². The van der Waals surface area contributed by atoms with Crippen molar-refractivity contribution in [2.45, 2.75) is 22.9 Å². The second-order valence-electron chi connectivity index (χ2n) is 6.67. The van der Waals surface area contributed by atoms with Crippen LogP contribution in [0, 0.1) is 6.92 Å². The lowest BCUT2D eigenvalue weighted by Crippen LogP contribution is -2.15. The summed E-state index contributed by atoms with van der Waals surface area (Å²) in [7, 11) is -8.16. The zero-order valence-electron chi connectivity index (χ0n) is 16.3. The van der Waals surface area contributed by atoms with Crippen LogP contribution in [0.15, 0.2) is 76.5 Å². The molecule has 0 aromatic heterocycles. The normalized spacial score (nSPS) is 12.4. The smallest absolute Gasteiger partial charge is 0.280 e. The minimum Gasteiger partial charge on any atom is -0.280 e. The zero-order chi connectivity index (χ0) is 23.7. The molecule has 0 aliphatic rings. The van der Waals surface area contributed by atoms with Gasteiger partial charge >= 0.3 is 6.18 Å². The molecule has 2 N–H and O–H groups in total. The molecule has 0 radical (unpaired) electrons. The Kier molecular flexibility index (Phi) is 6.45. The van der Waals surface area contributed by atoms with Crippen LogP contribution in [0.3, 0.4) is 0 Å². The maximum absolute atomic E-state index is 12.7. The highest BCUT2D eigenvalue weighted by Gasteiger charge is 2.30. The number of benzene rings is 3. The van der Waals surface area contributed by atoms with Crippen LogP contribution in [0.25, 0.3) is 0 Å². The van der Waals surface area contributed by atoms with E-state index in [2.05, 4.69) is 9.44 Å². The number of halogens is 4. The van der Waals surface area contributed by atoms with Crippen molar-refractivity contribution in [2.75, 3.05) is 9.44 Å². The molecular formula is C20H16ClF3N2O4S2. The molecule has 0 saturated heterocycles. The Hall–Kier alpha value is -2.76. The van der Waals surface area contributed by atoms with Gasteiger partial charge in [0.25, 0.3) is 20.0 Å². The first-order chi connectivity index (χ1) is 14.8.